The fourth-order valence-electron chi connectivity index (χ4n) is 3.77. The maximum absolute atomic E-state index is 4.84. The SMILES string of the molecule is CCCCCc1nc(CCCC)nn1Cc1ccc(-c2ccncc2-c2nn[nH]n2)cc1. The van der Waals surface area contributed by atoms with Gasteiger partial charge in [-0.15, -0.1) is 10.2 Å². The summed E-state index contributed by atoms with van der Waals surface area (Å²) >= 11 is 0. The van der Waals surface area contributed by atoms with Crippen molar-refractivity contribution in [2.24, 2.45) is 0 Å². The van der Waals surface area contributed by atoms with Crippen molar-refractivity contribution < 1.29 is 0 Å². The lowest BCUT2D eigenvalue weighted by atomic mass is 10.00. The number of aromatic nitrogens is 8. The Hall–Kier alpha value is -3.42. The summed E-state index contributed by atoms with van der Waals surface area (Å²) < 4.78 is 2.09. The minimum absolute atomic E-state index is 0.538. The fraction of sp³-hybridized carbons (Fsp3) is 0.417. The molecule has 0 fully saturated rings. The van der Waals surface area contributed by atoms with Crippen LogP contribution in [-0.4, -0.2) is 40.4 Å². The fourth-order valence-corrected chi connectivity index (χ4v) is 3.77. The largest absolute Gasteiger partial charge is 0.264 e. The number of nitrogens with zero attached hydrogens (tertiary/aromatic N) is 7. The molecule has 0 saturated carbocycles. The van der Waals surface area contributed by atoms with Crippen molar-refractivity contribution >= 4 is 0 Å². The average Bonchev–Trinajstić information content (AvgIpc) is 3.49. The van der Waals surface area contributed by atoms with Crippen molar-refractivity contribution in [1.29, 1.82) is 0 Å². The molecule has 0 saturated heterocycles. The van der Waals surface area contributed by atoms with Crippen molar-refractivity contribution in [1.82, 2.24) is 40.4 Å². The first-order chi connectivity index (χ1) is 15.8. The molecule has 0 amide bonds. The van der Waals surface area contributed by atoms with Crippen molar-refractivity contribution in [3.63, 3.8) is 0 Å². The van der Waals surface area contributed by atoms with Crippen LogP contribution >= 0.6 is 0 Å². The normalized spacial score (nSPS) is 11.2. The summed E-state index contributed by atoms with van der Waals surface area (Å²) in [6.07, 6.45) is 11.3. The third kappa shape index (κ3) is 5.25. The molecule has 0 aliphatic carbocycles. The predicted octanol–water partition coefficient (Wildman–Crippen LogP) is 4.64. The molecule has 0 radical (unpaired) electrons. The van der Waals surface area contributed by atoms with Crippen LogP contribution in [0.1, 0.15) is 63.2 Å². The molecule has 3 heterocycles. The van der Waals surface area contributed by atoms with Crippen LogP contribution < -0.4 is 0 Å². The number of benzene rings is 1. The molecular formula is C24H30N8. The highest BCUT2D eigenvalue weighted by Crippen LogP contribution is 2.29. The highest BCUT2D eigenvalue weighted by atomic mass is 15.5. The summed E-state index contributed by atoms with van der Waals surface area (Å²) in [6.45, 7) is 5.16. The number of tetrazole rings is 1. The van der Waals surface area contributed by atoms with E-state index < -0.39 is 0 Å². The number of pyridine rings is 1. The van der Waals surface area contributed by atoms with Gasteiger partial charge in [-0.1, -0.05) is 57.4 Å². The first kappa shape index (κ1) is 21.8. The Morgan fingerprint density at radius 3 is 2.50 bits per heavy atom. The molecule has 0 aliphatic rings. The van der Waals surface area contributed by atoms with E-state index in [0.29, 0.717) is 5.82 Å². The molecule has 0 bridgehead atoms. The summed E-state index contributed by atoms with van der Waals surface area (Å²) in [7, 11) is 0. The molecular weight excluding hydrogens is 400 g/mol. The maximum Gasteiger partial charge on any atom is 0.206 e. The standard InChI is InChI=1S/C24H30N8/c1-3-5-7-9-23-26-22(8-6-4-2)29-32(23)17-18-10-12-19(13-11-18)20-14-15-25-16-21(20)24-27-30-31-28-24/h10-16H,3-9,17H2,1-2H3,(H,27,28,30,31). The number of hydrogen-bond donors (Lipinski definition) is 1. The molecule has 0 unspecified atom stereocenters. The van der Waals surface area contributed by atoms with E-state index >= 15 is 0 Å². The van der Waals surface area contributed by atoms with Gasteiger partial charge in [0.05, 0.1) is 6.54 Å². The Kier molecular flexibility index (Phi) is 7.32. The van der Waals surface area contributed by atoms with Gasteiger partial charge in [0.15, 0.2) is 5.82 Å². The average molecular weight is 431 g/mol. The molecule has 0 aliphatic heterocycles. The minimum atomic E-state index is 0.538. The van der Waals surface area contributed by atoms with Crippen LogP contribution in [0.5, 0.6) is 0 Å². The molecule has 4 aromatic rings. The van der Waals surface area contributed by atoms with Crippen LogP contribution in [0.2, 0.25) is 0 Å². The van der Waals surface area contributed by atoms with Crippen LogP contribution in [0.15, 0.2) is 42.7 Å². The van der Waals surface area contributed by atoms with E-state index in [9.17, 15) is 0 Å². The molecule has 0 atom stereocenters. The van der Waals surface area contributed by atoms with Gasteiger partial charge >= 0.3 is 0 Å². The minimum Gasteiger partial charge on any atom is -0.264 e. The zero-order valence-electron chi connectivity index (χ0n) is 18.8. The molecule has 3 aromatic heterocycles. The topological polar surface area (TPSA) is 98.1 Å². The number of H-pyrrole nitrogens is 1. The van der Waals surface area contributed by atoms with Crippen LogP contribution in [0.25, 0.3) is 22.5 Å². The summed E-state index contributed by atoms with van der Waals surface area (Å²) in [4.78, 5) is 9.07. The van der Waals surface area contributed by atoms with E-state index in [2.05, 4.69) is 68.4 Å². The Balaban J connectivity index is 1.54. The highest BCUT2D eigenvalue weighted by Gasteiger charge is 2.13. The van der Waals surface area contributed by atoms with Crippen LogP contribution in [0.3, 0.4) is 0 Å². The number of rotatable bonds is 11. The summed E-state index contributed by atoms with van der Waals surface area (Å²) in [5.74, 6) is 2.61. The molecule has 8 heteroatoms. The monoisotopic (exact) mass is 430 g/mol. The highest BCUT2D eigenvalue weighted by molar-refractivity contribution is 5.79. The maximum atomic E-state index is 4.84. The molecule has 32 heavy (non-hydrogen) atoms. The Morgan fingerprint density at radius 2 is 1.75 bits per heavy atom. The van der Waals surface area contributed by atoms with Gasteiger partial charge in [-0.3, -0.25) is 4.98 Å². The summed E-state index contributed by atoms with van der Waals surface area (Å²) in [5, 5.41) is 19.2. The third-order valence-corrected chi connectivity index (χ3v) is 5.55. The molecule has 1 aromatic carbocycles. The Bertz CT molecular complexity index is 1100. The Labute approximate surface area is 188 Å². The molecule has 1 N–H and O–H groups in total. The zero-order chi connectivity index (χ0) is 22.2. The smallest absolute Gasteiger partial charge is 0.206 e. The van der Waals surface area contributed by atoms with Crippen LogP contribution in [-0.2, 0) is 19.4 Å². The van der Waals surface area contributed by atoms with Crippen molar-refractivity contribution in [3.05, 3.63) is 59.9 Å². The van der Waals surface area contributed by atoms with Gasteiger partial charge in [0.1, 0.15) is 5.82 Å². The second-order valence-electron chi connectivity index (χ2n) is 8.02. The summed E-state index contributed by atoms with van der Waals surface area (Å²) in [6, 6.07) is 10.5. The van der Waals surface area contributed by atoms with Crippen molar-refractivity contribution in [2.75, 3.05) is 0 Å². The predicted molar refractivity (Wildman–Crippen MR) is 124 cm³/mol. The van der Waals surface area contributed by atoms with E-state index in [0.717, 1.165) is 67.0 Å². The van der Waals surface area contributed by atoms with E-state index in [1.165, 1.54) is 18.4 Å². The number of nitrogens with one attached hydrogen (secondary N) is 1. The van der Waals surface area contributed by atoms with Gasteiger partial charge < -0.3 is 0 Å². The molecule has 8 nitrogen and oxygen atoms in total. The van der Waals surface area contributed by atoms with Crippen LogP contribution in [0, 0.1) is 0 Å². The van der Waals surface area contributed by atoms with Gasteiger partial charge in [-0.25, -0.2) is 9.67 Å². The lowest BCUT2D eigenvalue weighted by Crippen LogP contribution is -2.07. The first-order valence-corrected chi connectivity index (χ1v) is 11.5. The Morgan fingerprint density at radius 1 is 0.906 bits per heavy atom. The van der Waals surface area contributed by atoms with E-state index in [1.807, 2.05) is 6.07 Å². The van der Waals surface area contributed by atoms with E-state index in [1.54, 1.807) is 12.4 Å². The molecule has 4 rings (SSSR count). The molecule has 166 valence electrons. The lowest BCUT2D eigenvalue weighted by molar-refractivity contribution is 0.602. The van der Waals surface area contributed by atoms with Gasteiger partial charge in [0, 0.05) is 30.8 Å². The lowest BCUT2D eigenvalue weighted by Gasteiger charge is -2.09. The van der Waals surface area contributed by atoms with Gasteiger partial charge in [-0.2, -0.15) is 10.3 Å². The molecule has 0 spiro atoms. The van der Waals surface area contributed by atoms with Crippen molar-refractivity contribution in [2.45, 2.75) is 65.3 Å². The van der Waals surface area contributed by atoms with Crippen molar-refractivity contribution in [3.8, 4) is 22.5 Å². The van der Waals surface area contributed by atoms with Gasteiger partial charge in [-0.05, 0) is 40.8 Å². The van der Waals surface area contributed by atoms with E-state index in [-0.39, 0.29) is 0 Å². The number of unbranched alkanes of at least 4 members (excludes halogenated alkanes) is 3. The first-order valence-electron chi connectivity index (χ1n) is 11.5. The second-order valence-corrected chi connectivity index (χ2v) is 8.02. The zero-order valence-corrected chi connectivity index (χ0v) is 18.8. The number of aromatic amines is 1. The third-order valence-electron chi connectivity index (χ3n) is 5.55. The van der Waals surface area contributed by atoms with Gasteiger partial charge in [0.25, 0.3) is 0 Å². The number of hydrogen-bond acceptors (Lipinski definition) is 6. The summed E-state index contributed by atoms with van der Waals surface area (Å²) in [5.41, 5.74) is 4.16. The quantitative estimate of drug-likeness (QED) is 0.348. The van der Waals surface area contributed by atoms with E-state index in [4.69, 9.17) is 10.1 Å². The second kappa shape index (κ2) is 10.7. The van der Waals surface area contributed by atoms with Crippen LogP contribution in [0.4, 0.5) is 0 Å². The van der Waals surface area contributed by atoms with Gasteiger partial charge in [0.2, 0.25) is 5.82 Å². The number of aryl methyl sites for hydroxylation is 2.